The maximum absolute atomic E-state index is 10.8. The number of nitrogens with one attached hydrogen (secondary N) is 1. The summed E-state index contributed by atoms with van der Waals surface area (Å²) in [6.07, 6.45) is 2.58. The summed E-state index contributed by atoms with van der Waals surface area (Å²) in [6.45, 7) is 0.581. The summed E-state index contributed by atoms with van der Waals surface area (Å²) in [5, 5.41) is 16.1. The molecule has 0 fully saturated rings. The van der Waals surface area contributed by atoms with Crippen molar-refractivity contribution in [2.24, 2.45) is 7.05 Å². The van der Waals surface area contributed by atoms with Crippen LogP contribution in [-0.2, 0) is 13.5 Å². The molecule has 0 aliphatic carbocycles. The molecule has 4 N–H and O–H groups in total. The molecule has 0 aliphatic heterocycles. The van der Waals surface area contributed by atoms with Crippen LogP contribution in [0.2, 0.25) is 0 Å². The average molecular weight is 261 g/mol. The van der Waals surface area contributed by atoms with E-state index in [0.717, 1.165) is 5.69 Å². The summed E-state index contributed by atoms with van der Waals surface area (Å²) < 4.78 is 1.73. The van der Waals surface area contributed by atoms with Gasteiger partial charge in [-0.3, -0.25) is 4.68 Å². The van der Waals surface area contributed by atoms with Gasteiger partial charge in [0.25, 0.3) is 0 Å². The fraction of sp³-hybridized carbons (Fsp3) is 0.250. The Labute approximate surface area is 110 Å². The van der Waals surface area contributed by atoms with Crippen molar-refractivity contribution in [1.29, 1.82) is 0 Å². The van der Waals surface area contributed by atoms with Gasteiger partial charge < -0.3 is 16.2 Å². The number of carboxylic acid groups (broad SMARTS) is 1. The van der Waals surface area contributed by atoms with Crippen LogP contribution in [0.3, 0.4) is 0 Å². The third-order valence-electron chi connectivity index (χ3n) is 2.59. The summed E-state index contributed by atoms with van der Waals surface area (Å²) in [5.74, 6) is -0.691. The molecule has 2 aromatic heterocycles. The molecule has 0 unspecified atom stereocenters. The van der Waals surface area contributed by atoms with E-state index in [4.69, 9.17) is 10.8 Å². The molecule has 100 valence electrons. The van der Waals surface area contributed by atoms with Crippen LogP contribution in [0.4, 0.5) is 11.5 Å². The minimum absolute atomic E-state index is 0.0328. The lowest BCUT2D eigenvalue weighted by Crippen LogP contribution is -2.11. The van der Waals surface area contributed by atoms with Crippen molar-refractivity contribution < 1.29 is 9.90 Å². The smallest absolute Gasteiger partial charge is 0.354 e. The number of rotatable bonds is 5. The van der Waals surface area contributed by atoms with E-state index < -0.39 is 5.97 Å². The molecule has 7 nitrogen and oxygen atoms in total. The second-order valence-electron chi connectivity index (χ2n) is 4.10. The number of aromatic carboxylic acids is 1. The highest BCUT2D eigenvalue weighted by molar-refractivity contribution is 5.86. The van der Waals surface area contributed by atoms with Crippen LogP contribution < -0.4 is 11.1 Å². The molecule has 19 heavy (non-hydrogen) atoms. The molecule has 2 heterocycles. The van der Waals surface area contributed by atoms with Crippen LogP contribution in [0.15, 0.2) is 24.4 Å². The maximum Gasteiger partial charge on any atom is 0.354 e. The van der Waals surface area contributed by atoms with E-state index in [1.165, 1.54) is 12.1 Å². The van der Waals surface area contributed by atoms with E-state index in [-0.39, 0.29) is 5.69 Å². The minimum atomic E-state index is -1.08. The van der Waals surface area contributed by atoms with Gasteiger partial charge in [-0.15, -0.1) is 0 Å². The number of hydrogen-bond acceptors (Lipinski definition) is 5. The van der Waals surface area contributed by atoms with Crippen LogP contribution in [0.1, 0.15) is 16.2 Å². The Balaban J connectivity index is 1.99. The molecule has 0 spiro atoms. The van der Waals surface area contributed by atoms with Crippen molar-refractivity contribution in [3.63, 3.8) is 0 Å². The number of nitrogens with two attached hydrogens (primary N) is 1. The molecule has 0 aliphatic rings. The Morgan fingerprint density at radius 3 is 2.89 bits per heavy atom. The van der Waals surface area contributed by atoms with Crippen molar-refractivity contribution in [3.8, 4) is 0 Å². The predicted molar refractivity (Wildman–Crippen MR) is 71.0 cm³/mol. The Morgan fingerprint density at radius 1 is 1.47 bits per heavy atom. The Morgan fingerprint density at radius 2 is 2.26 bits per heavy atom. The van der Waals surface area contributed by atoms with Gasteiger partial charge in [0.15, 0.2) is 5.69 Å². The number of nitrogen functional groups attached to an aromatic ring is 1. The minimum Gasteiger partial charge on any atom is -0.477 e. The summed E-state index contributed by atoms with van der Waals surface area (Å²) in [7, 11) is 1.85. The topological polar surface area (TPSA) is 106 Å². The second-order valence-corrected chi connectivity index (χ2v) is 4.10. The highest BCUT2D eigenvalue weighted by atomic mass is 16.4. The van der Waals surface area contributed by atoms with Gasteiger partial charge in [-0.25, -0.2) is 9.78 Å². The average Bonchev–Trinajstić information content (AvgIpc) is 2.77. The molecule has 0 saturated carbocycles. The molecule has 0 atom stereocenters. The molecule has 2 rings (SSSR count). The molecule has 0 bridgehead atoms. The predicted octanol–water partition coefficient (Wildman–Crippen LogP) is 0.750. The lowest BCUT2D eigenvalue weighted by molar-refractivity contribution is 0.0690. The van der Waals surface area contributed by atoms with Gasteiger partial charge in [-0.05, 0) is 18.2 Å². The first-order valence-electron chi connectivity index (χ1n) is 5.78. The summed E-state index contributed by atoms with van der Waals surface area (Å²) in [6, 6.07) is 4.83. The van der Waals surface area contributed by atoms with Gasteiger partial charge in [0.1, 0.15) is 5.82 Å². The Kier molecular flexibility index (Phi) is 3.65. The SMILES string of the molecule is Cn1ccc(CCNc2nc(C(=O)O)ccc2N)n1. The van der Waals surface area contributed by atoms with E-state index in [1.807, 2.05) is 19.3 Å². The number of carboxylic acids is 1. The molecule has 0 aromatic carbocycles. The fourth-order valence-corrected chi connectivity index (χ4v) is 1.64. The summed E-state index contributed by atoms with van der Waals surface area (Å²) in [4.78, 5) is 14.8. The largest absolute Gasteiger partial charge is 0.477 e. The third-order valence-corrected chi connectivity index (χ3v) is 2.59. The van der Waals surface area contributed by atoms with Crippen molar-refractivity contribution in [2.75, 3.05) is 17.6 Å². The number of carbonyl (C=O) groups is 1. The van der Waals surface area contributed by atoms with E-state index in [9.17, 15) is 4.79 Å². The molecular weight excluding hydrogens is 246 g/mol. The summed E-state index contributed by atoms with van der Waals surface area (Å²) in [5.41, 5.74) is 7.07. The first kappa shape index (κ1) is 12.9. The number of aromatic nitrogens is 3. The van der Waals surface area contributed by atoms with E-state index in [1.54, 1.807) is 4.68 Å². The van der Waals surface area contributed by atoms with Crippen LogP contribution in [0.25, 0.3) is 0 Å². The van der Waals surface area contributed by atoms with Gasteiger partial charge >= 0.3 is 5.97 Å². The van der Waals surface area contributed by atoms with E-state index >= 15 is 0 Å². The zero-order valence-electron chi connectivity index (χ0n) is 10.5. The van der Waals surface area contributed by atoms with E-state index in [2.05, 4.69) is 15.4 Å². The van der Waals surface area contributed by atoms with Gasteiger partial charge in [0, 0.05) is 26.2 Å². The highest BCUT2D eigenvalue weighted by Crippen LogP contribution is 2.15. The van der Waals surface area contributed by atoms with Crippen molar-refractivity contribution in [2.45, 2.75) is 6.42 Å². The van der Waals surface area contributed by atoms with E-state index in [0.29, 0.717) is 24.5 Å². The molecule has 0 amide bonds. The van der Waals surface area contributed by atoms with Crippen molar-refractivity contribution in [3.05, 3.63) is 35.8 Å². The molecule has 0 radical (unpaired) electrons. The fourth-order valence-electron chi connectivity index (χ4n) is 1.64. The van der Waals surface area contributed by atoms with Gasteiger partial charge in [0.05, 0.1) is 11.4 Å². The number of hydrogen-bond donors (Lipinski definition) is 3. The maximum atomic E-state index is 10.8. The lowest BCUT2D eigenvalue weighted by atomic mass is 10.3. The Hall–Kier alpha value is -2.57. The number of nitrogens with zero attached hydrogens (tertiary/aromatic N) is 3. The van der Waals surface area contributed by atoms with Crippen LogP contribution in [0, 0.1) is 0 Å². The van der Waals surface area contributed by atoms with Crippen LogP contribution in [0.5, 0.6) is 0 Å². The van der Waals surface area contributed by atoms with Gasteiger partial charge in [-0.2, -0.15) is 5.10 Å². The molecule has 7 heteroatoms. The van der Waals surface area contributed by atoms with Crippen LogP contribution >= 0.6 is 0 Å². The summed E-state index contributed by atoms with van der Waals surface area (Å²) >= 11 is 0. The van der Waals surface area contributed by atoms with Crippen molar-refractivity contribution >= 4 is 17.5 Å². The number of anilines is 2. The third kappa shape index (κ3) is 3.21. The molecule has 0 saturated heterocycles. The lowest BCUT2D eigenvalue weighted by Gasteiger charge is -2.08. The monoisotopic (exact) mass is 261 g/mol. The highest BCUT2D eigenvalue weighted by Gasteiger charge is 2.08. The molecule has 2 aromatic rings. The zero-order valence-corrected chi connectivity index (χ0v) is 10.5. The van der Waals surface area contributed by atoms with Gasteiger partial charge in [-0.1, -0.05) is 0 Å². The van der Waals surface area contributed by atoms with Crippen LogP contribution in [-0.4, -0.2) is 32.4 Å². The number of pyridine rings is 1. The standard InChI is InChI=1S/C12H15N5O2/c1-17-7-5-8(16-17)4-6-14-11-9(13)2-3-10(15-11)12(18)19/h2-3,5,7H,4,6,13H2,1H3,(H,14,15)(H,18,19). The quantitative estimate of drug-likeness (QED) is 0.733. The molecular formula is C12H15N5O2. The van der Waals surface area contributed by atoms with Crippen molar-refractivity contribution in [1.82, 2.24) is 14.8 Å². The first-order chi connectivity index (χ1) is 9.06. The second kappa shape index (κ2) is 5.38. The Bertz CT molecular complexity index is 594. The normalized spacial score (nSPS) is 10.4. The first-order valence-corrected chi connectivity index (χ1v) is 5.78. The zero-order chi connectivity index (χ0) is 13.8. The van der Waals surface area contributed by atoms with Gasteiger partial charge in [0.2, 0.25) is 0 Å². The number of aryl methyl sites for hydroxylation is 1.